The van der Waals surface area contributed by atoms with Crippen molar-refractivity contribution in [2.24, 2.45) is 0 Å². The molecule has 6 N–H and O–H groups in total. The van der Waals surface area contributed by atoms with E-state index in [-0.39, 0.29) is 28.1 Å². The van der Waals surface area contributed by atoms with Crippen LogP contribution in [0.2, 0.25) is 0 Å². The van der Waals surface area contributed by atoms with Crippen molar-refractivity contribution in [2.75, 3.05) is 25.6 Å². The van der Waals surface area contributed by atoms with Crippen LogP contribution in [-0.2, 0) is 46.7 Å². The standard InChI is InChI=1S/C21H25F2N9O9P2S2/c22-10-13(40-42(35)44)9(39-19(10)31-7-29-11-15(24)25-5-26-16(11)31)3-38-43(36,45)41-14-20(37-4-21(14,23)1-2-33)32-8-30-12-17(32)27-6-28-18(12)34/h5-10,13-14,19-20,33,42H,1-4H2,(H,35,44)(H,36,45)(H2,24,25,26)(H,27,28,34)/t9-,10+,13-,14+,19-,20-,21-,43?/m1/s1. The molecule has 244 valence electrons. The molecule has 6 rings (SSSR count). The SMILES string of the molecule is Nc1ncnc2c1ncn2[C@@H]1O[C@H](COP(O)(=S)O[C@H]2[C@H](n3cnc4c(=O)[nH]cnc43)OC[C@]2(F)CCO)[C@@H](O[PH](O)=S)[C@@H]1F. The van der Waals surface area contributed by atoms with Gasteiger partial charge in [-0.3, -0.25) is 18.5 Å². The maximum atomic E-state index is 16.1. The Balaban J connectivity index is 1.23. The Morgan fingerprint density at radius 2 is 1.91 bits per heavy atom. The number of aliphatic hydroxyl groups is 1. The Morgan fingerprint density at radius 1 is 1.20 bits per heavy atom. The summed E-state index contributed by atoms with van der Waals surface area (Å²) in [6, 6.07) is 0. The summed E-state index contributed by atoms with van der Waals surface area (Å²) in [5.41, 5.74) is 3.20. The number of nitrogen functional groups attached to an aromatic ring is 1. The molecular formula is C21H25F2N9O9P2S2. The first-order valence-corrected chi connectivity index (χ1v) is 18.1. The molecule has 0 bridgehead atoms. The van der Waals surface area contributed by atoms with E-state index in [0.29, 0.717) is 0 Å². The molecule has 2 saturated heterocycles. The van der Waals surface area contributed by atoms with Gasteiger partial charge in [-0.25, -0.2) is 33.7 Å². The number of H-pyrrole nitrogens is 1. The number of nitrogens with zero attached hydrogens (tertiary/aromatic N) is 7. The molecule has 0 radical (unpaired) electrons. The van der Waals surface area contributed by atoms with E-state index in [1.807, 2.05) is 0 Å². The zero-order valence-corrected chi connectivity index (χ0v) is 26.1. The molecule has 4 aromatic heterocycles. The van der Waals surface area contributed by atoms with E-state index in [2.05, 4.69) is 29.9 Å². The molecule has 0 amide bonds. The van der Waals surface area contributed by atoms with Crippen LogP contribution in [0, 0.1) is 0 Å². The second-order valence-electron chi connectivity index (χ2n) is 10.00. The summed E-state index contributed by atoms with van der Waals surface area (Å²) in [5, 5.41) is 9.54. The van der Waals surface area contributed by atoms with Gasteiger partial charge in [-0.05, 0) is 23.6 Å². The lowest BCUT2D eigenvalue weighted by atomic mass is 9.97. The molecule has 2 unspecified atom stereocenters. The minimum Gasteiger partial charge on any atom is -0.396 e. The lowest BCUT2D eigenvalue weighted by Crippen LogP contribution is -2.41. The molecule has 2 fully saturated rings. The van der Waals surface area contributed by atoms with Gasteiger partial charge in [-0.15, -0.1) is 0 Å². The van der Waals surface area contributed by atoms with Crippen LogP contribution in [-0.4, -0.2) is 104 Å². The van der Waals surface area contributed by atoms with Crippen molar-refractivity contribution in [3.05, 3.63) is 35.7 Å². The molecule has 0 spiro atoms. The predicted octanol–water partition coefficient (Wildman–Crippen LogP) is -0.101. The molecule has 0 saturated carbocycles. The summed E-state index contributed by atoms with van der Waals surface area (Å²) in [5.74, 6) is 0.0509. The van der Waals surface area contributed by atoms with Gasteiger partial charge in [0.1, 0.15) is 30.2 Å². The first-order chi connectivity index (χ1) is 21.4. The fourth-order valence-electron chi connectivity index (χ4n) is 5.18. The molecule has 45 heavy (non-hydrogen) atoms. The van der Waals surface area contributed by atoms with Crippen LogP contribution in [0.3, 0.4) is 0 Å². The van der Waals surface area contributed by atoms with Crippen LogP contribution in [0.15, 0.2) is 30.1 Å². The van der Waals surface area contributed by atoms with Crippen LogP contribution in [0.25, 0.3) is 22.3 Å². The van der Waals surface area contributed by atoms with Gasteiger partial charge in [0, 0.05) is 13.0 Å². The summed E-state index contributed by atoms with van der Waals surface area (Å²) >= 11 is 9.95. The van der Waals surface area contributed by atoms with Gasteiger partial charge in [-0.2, -0.15) is 0 Å². The zero-order chi connectivity index (χ0) is 32.1. The Bertz CT molecular complexity index is 1850. The minimum absolute atomic E-state index is 0.0294. The number of aromatic amines is 1. The molecule has 24 heteroatoms. The van der Waals surface area contributed by atoms with Crippen molar-refractivity contribution in [2.45, 2.75) is 49.0 Å². The second-order valence-corrected chi connectivity index (χ2v) is 14.6. The fourth-order valence-corrected chi connectivity index (χ4v) is 7.46. The van der Waals surface area contributed by atoms with Crippen LogP contribution >= 0.6 is 13.9 Å². The summed E-state index contributed by atoms with van der Waals surface area (Å²) < 4.78 is 62.2. The van der Waals surface area contributed by atoms with Crippen LogP contribution in [0.1, 0.15) is 18.9 Å². The first-order valence-electron chi connectivity index (χ1n) is 13.0. The van der Waals surface area contributed by atoms with E-state index in [1.54, 1.807) is 0 Å². The fraction of sp³-hybridized carbons (Fsp3) is 0.524. The number of halogens is 2. The van der Waals surface area contributed by atoms with E-state index in [1.165, 1.54) is 21.8 Å². The van der Waals surface area contributed by atoms with Crippen molar-refractivity contribution < 1.29 is 46.7 Å². The van der Waals surface area contributed by atoms with Gasteiger partial charge in [0.2, 0.25) is 0 Å². The number of anilines is 1. The Hall–Kier alpha value is -2.46. The second kappa shape index (κ2) is 12.6. The molecule has 2 aliphatic rings. The van der Waals surface area contributed by atoms with Gasteiger partial charge in [0.15, 0.2) is 54.1 Å². The molecule has 9 atom stereocenters. The smallest absolute Gasteiger partial charge is 0.325 e. The number of nitrogens with one attached hydrogen (secondary N) is 1. The third-order valence-corrected chi connectivity index (χ3v) is 9.55. The summed E-state index contributed by atoms with van der Waals surface area (Å²) in [6.07, 6.45) is -4.96. The van der Waals surface area contributed by atoms with Gasteiger partial charge >= 0.3 is 6.72 Å². The quantitative estimate of drug-likeness (QED) is 0.128. The van der Waals surface area contributed by atoms with Crippen LogP contribution in [0.4, 0.5) is 14.6 Å². The van der Waals surface area contributed by atoms with Crippen LogP contribution in [0.5, 0.6) is 0 Å². The number of ether oxygens (including phenoxy) is 2. The Labute approximate surface area is 261 Å². The highest BCUT2D eigenvalue weighted by Gasteiger charge is 2.55. The van der Waals surface area contributed by atoms with Crippen LogP contribution < -0.4 is 11.3 Å². The van der Waals surface area contributed by atoms with Gasteiger partial charge in [-0.1, -0.05) is 0 Å². The average molecular weight is 712 g/mol. The predicted molar refractivity (Wildman–Crippen MR) is 157 cm³/mol. The lowest BCUT2D eigenvalue weighted by molar-refractivity contribution is -0.0511. The first kappa shape index (κ1) is 32.5. The van der Waals surface area contributed by atoms with E-state index >= 15 is 8.78 Å². The van der Waals surface area contributed by atoms with Gasteiger partial charge in [0.05, 0.1) is 32.2 Å². The molecule has 4 aromatic rings. The van der Waals surface area contributed by atoms with E-state index < -0.39 is 88.3 Å². The molecule has 0 aliphatic carbocycles. The van der Waals surface area contributed by atoms with Crippen molar-refractivity contribution >= 4 is 65.6 Å². The number of alkyl halides is 2. The third-order valence-electron chi connectivity index (χ3n) is 7.24. The monoisotopic (exact) mass is 711 g/mol. The van der Waals surface area contributed by atoms with Crippen molar-refractivity contribution in [3.63, 3.8) is 0 Å². The zero-order valence-electron chi connectivity index (χ0n) is 22.6. The highest BCUT2D eigenvalue weighted by atomic mass is 32.5. The van der Waals surface area contributed by atoms with E-state index in [0.717, 1.165) is 12.7 Å². The number of nitrogens with two attached hydrogens (primary N) is 1. The van der Waals surface area contributed by atoms with E-state index in [4.69, 9.17) is 52.4 Å². The molecule has 2 aliphatic heterocycles. The third kappa shape index (κ3) is 6.18. The molecule has 0 aromatic carbocycles. The maximum absolute atomic E-state index is 16.1. The molecular weight excluding hydrogens is 686 g/mol. The maximum Gasteiger partial charge on any atom is 0.325 e. The topological polar surface area (TPSA) is 240 Å². The average Bonchev–Trinajstić information content (AvgIpc) is 3.74. The number of aliphatic hydroxyl groups excluding tert-OH is 1. The number of imidazole rings is 2. The Kier molecular flexibility index (Phi) is 9.11. The summed E-state index contributed by atoms with van der Waals surface area (Å²) in [6.45, 7) is -6.23. The summed E-state index contributed by atoms with van der Waals surface area (Å²) in [4.78, 5) is 55.4. The van der Waals surface area contributed by atoms with Crippen molar-refractivity contribution in [3.8, 4) is 0 Å². The molecule has 18 nitrogen and oxygen atoms in total. The minimum atomic E-state index is -4.40. The van der Waals surface area contributed by atoms with Crippen molar-refractivity contribution in [1.29, 1.82) is 0 Å². The lowest BCUT2D eigenvalue weighted by Gasteiger charge is -2.31. The Morgan fingerprint density at radius 3 is 2.64 bits per heavy atom. The normalized spacial score (nSPS) is 30.7. The largest absolute Gasteiger partial charge is 0.396 e. The number of hydrogen-bond donors (Lipinski definition) is 5. The van der Waals surface area contributed by atoms with Gasteiger partial charge < -0.3 is 44.1 Å². The van der Waals surface area contributed by atoms with Gasteiger partial charge in [0.25, 0.3) is 5.56 Å². The number of aromatic nitrogens is 8. The number of hydrogen-bond acceptors (Lipinski definition) is 15. The highest BCUT2D eigenvalue weighted by molar-refractivity contribution is 8.07. The highest BCUT2D eigenvalue weighted by Crippen LogP contribution is 2.53. The van der Waals surface area contributed by atoms with E-state index in [9.17, 15) is 19.7 Å². The summed E-state index contributed by atoms with van der Waals surface area (Å²) in [7, 11) is -2.87. The van der Waals surface area contributed by atoms with Crippen molar-refractivity contribution in [1.82, 2.24) is 39.0 Å². The number of fused-ring (bicyclic) bond motifs is 2. The number of rotatable bonds is 11. The molecule has 6 heterocycles.